The number of hydrogen-bond donors (Lipinski definition) is 2. The van der Waals surface area contributed by atoms with Gasteiger partial charge >= 0.3 is 0 Å². The van der Waals surface area contributed by atoms with E-state index < -0.39 is 0 Å². The topological polar surface area (TPSA) is 63.0 Å². The predicted octanol–water partition coefficient (Wildman–Crippen LogP) is 2.77. The zero-order valence-corrected chi connectivity index (χ0v) is 11.8. The van der Waals surface area contributed by atoms with E-state index in [-0.39, 0.29) is 6.04 Å². The fourth-order valence-electron chi connectivity index (χ4n) is 2.03. The molecule has 0 aromatic carbocycles. The van der Waals surface area contributed by atoms with Gasteiger partial charge in [0.2, 0.25) is 0 Å². The van der Waals surface area contributed by atoms with Gasteiger partial charge < -0.3 is 15.1 Å². The van der Waals surface area contributed by atoms with Gasteiger partial charge in [-0.1, -0.05) is 0 Å². The smallest absolute Gasteiger partial charge is 0.134 e. The summed E-state index contributed by atoms with van der Waals surface area (Å²) in [5.41, 5.74) is 1.03. The first-order valence-corrected chi connectivity index (χ1v) is 6.42. The highest BCUT2D eigenvalue weighted by Gasteiger charge is 2.11. The second kappa shape index (κ2) is 5.73. The van der Waals surface area contributed by atoms with Crippen LogP contribution in [0.2, 0.25) is 0 Å². The van der Waals surface area contributed by atoms with Crippen LogP contribution in [0.1, 0.15) is 24.1 Å². The maximum absolute atomic E-state index is 5.36. The van der Waals surface area contributed by atoms with Gasteiger partial charge in [-0.2, -0.15) is 0 Å². The van der Waals surface area contributed by atoms with Crippen LogP contribution in [0.25, 0.3) is 0 Å². The molecule has 1 atom stereocenters. The summed E-state index contributed by atoms with van der Waals surface area (Å²) >= 11 is 0. The van der Waals surface area contributed by atoms with Crippen molar-refractivity contribution in [2.75, 3.05) is 17.7 Å². The molecule has 0 spiro atoms. The molecule has 0 saturated heterocycles. The maximum Gasteiger partial charge on any atom is 0.134 e. The van der Waals surface area contributed by atoms with Gasteiger partial charge in [-0.3, -0.25) is 0 Å². The Hall–Kier alpha value is -2.04. The molecule has 2 N–H and O–H groups in total. The molecule has 5 heteroatoms. The van der Waals surface area contributed by atoms with Gasteiger partial charge in [0.05, 0.1) is 6.26 Å². The molecule has 0 aliphatic rings. The SMILES string of the molecule is CNc1nc(C)nc(NC(C)Cc2ccco2)c1C. The van der Waals surface area contributed by atoms with Crippen molar-refractivity contribution < 1.29 is 4.42 Å². The van der Waals surface area contributed by atoms with Crippen LogP contribution in [-0.4, -0.2) is 23.1 Å². The van der Waals surface area contributed by atoms with Crippen LogP contribution >= 0.6 is 0 Å². The molecule has 19 heavy (non-hydrogen) atoms. The molecule has 0 amide bonds. The Balaban J connectivity index is 2.12. The number of aromatic nitrogens is 2. The van der Waals surface area contributed by atoms with Gasteiger partial charge in [0, 0.05) is 25.1 Å². The fraction of sp³-hybridized carbons (Fsp3) is 0.429. The Labute approximate surface area is 113 Å². The van der Waals surface area contributed by atoms with E-state index in [2.05, 4.69) is 27.5 Å². The molecular formula is C14H20N4O. The van der Waals surface area contributed by atoms with E-state index >= 15 is 0 Å². The Morgan fingerprint density at radius 1 is 1.26 bits per heavy atom. The molecule has 0 bridgehead atoms. The van der Waals surface area contributed by atoms with Crippen LogP contribution in [0.3, 0.4) is 0 Å². The second-order valence-corrected chi connectivity index (χ2v) is 4.67. The van der Waals surface area contributed by atoms with Gasteiger partial charge in [0.15, 0.2) is 0 Å². The normalized spacial score (nSPS) is 12.2. The fourth-order valence-corrected chi connectivity index (χ4v) is 2.03. The van der Waals surface area contributed by atoms with Gasteiger partial charge in [-0.05, 0) is 32.9 Å². The zero-order valence-electron chi connectivity index (χ0n) is 11.8. The van der Waals surface area contributed by atoms with Crippen LogP contribution < -0.4 is 10.6 Å². The molecule has 0 fully saturated rings. The summed E-state index contributed by atoms with van der Waals surface area (Å²) in [5.74, 6) is 3.45. The van der Waals surface area contributed by atoms with Gasteiger partial charge in [-0.25, -0.2) is 9.97 Å². The minimum atomic E-state index is 0.240. The molecular weight excluding hydrogens is 240 g/mol. The standard InChI is InChI=1S/C14H20N4O/c1-9(8-12-6-5-7-19-12)16-14-10(2)13(15-4)17-11(3)18-14/h5-7,9H,8H2,1-4H3,(H2,15,16,17,18). The summed E-state index contributed by atoms with van der Waals surface area (Å²) in [4.78, 5) is 8.81. The average Bonchev–Trinajstić information content (AvgIpc) is 2.86. The van der Waals surface area contributed by atoms with Crippen molar-refractivity contribution in [2.24, 2.45) is 0 Å². The average molecular weight is 260 g/mol. The first-order valence-electron chi connectivity index (χ1n) is 6.42. The summed E-state index contributed by atoms with van der Waals surface area (Å²) in [7, 11) is 1.87. The summed E-state index contributed by atoms with van der Waals surface area (Å²) in [6.45, 7) is 6.01. The Morgan fingerprint density at radius 3 is 2.63 bits per heavy atom. The van der Waals surface area contributed by atoms with Crippen molar-refractivity contribution in [3.8, 4) is 0 Å². The van der Waals surface area contributed by atoms with Crippen molar-refractivity contribution >= 4 is 11.6 Å². The predicted molar refractivity (Wildman–Crippen MR) is 76.5 cm³/mol. The first-order chi connectivity index (χ1) is 9.10. The number of nitrogens with one attached hydrogen (secondary N) is 2. The van der Waals surface area contributed by atoms with E-state index in [9.17, 15) is 0 Å². The molecule has 1 unspecified atom stereocenters. The van der Waals surface area contributed by atoms with Crippen LogP contribution in [0.5, 0.6) is 0 Å². The molecule has 2 aromatic rings. The summed E-state index contributed by atoms with van der Waals surface area (Å²) in [6, 6.07) is 4.13. The highest BCUT2D eigenvalue weighted by atomic mass is 16.3. The Kier molecular flexibility index (Phi) is 4.04. The molecule has 2 aromatic heterocycles. The first kappa shape index (κ1) is 13.4. The van der Waals surface area contributed by atoms with Gasteiger partial charge in [0.25, 0.3) is 0 Å². The maximum atomic E-state index is 5.36. The molecule has 102 valence electrons. The lowest BCUT2D eigenvalue weighted by molar-refractivity contribution is 0.497. The van der Waals surface area contributed by atoms with E-state index in [1.165, 1.54) is 0 Å². The lowest BCUT2D eigenvalue weighted by atomic mass is 10.2. The van der Waals surface area contributed by atoms with E-state index in [0.29, 0.717) is 0 Å². The third kappa shape index (κ3) is 3.24. The minimum Gasteiger partial charge on any atom is -0.469 e. The Bertz CT molecular complexity index is 537. The highest BCUT2D eigenvalue weighted by molar-refractivity contribution is 5.57. The van der Waals surface area contributed by atoms with Crippen LogP contribution in [0.4, 0.5) is 11.6 Å². The summed E-state index contributed by atoms with van der Waals surface area (Å²) in [5, 5.41) is 6.50. The summed E-state index contributed by atoms with van der Waals surface area (Å²) < 4.78 is 5.36. The number of aryl methyl sites for hydroxylation is 1. The van der Waals surface area contributed by atoms with Crippen molar-refractivity contribution in [3.05, 3.63) is 35.5 Å². The number of nitrogens with zero attached hydrogens (tertiary/aromatic N) is 2. The van der Waals surface area contributed by atoms with E-state index in [4.69, 9.17) is 4.42 Å². The van der Waals surface area contributed by atoms with E-state index in [0.717, 1.165) is 35.2 Å². The minimum absolute atomic E-state index is 0.240. The summed E-state index contributed by atoms with van der Waals surface area (Å²) in [6.07, 6.45) is 2.52. The molecule has 0 saturated carbocycles. The van der Waals surface area contributed by atoms with Gasteiger partial charge in [-0.15, -0.1) is 0 Å². The highest BCUT2D eigenvalue weighted by Crippen LogP contribution is 2.20. The molecule has 2 rings (SSSR count). The molecule has 2 heterocycles. The lowest BCUT2D eigenvalue weighted by Crippen LogP contribution is -2.20. The van der Waals surface area contributed by atoms with E-state index in [1.807, 2.05) is 33.0 Å². The zero-order chi connectivity index (χ0) is 13.8. The number of furan rings is 1. The second-order valence-electron chi connectivity index (χ2n) is 4.67. The van der Waals surface area contributed by atoms with Crippen molar-refractivity contribution in [3.63, 3.8) is 0 Å². The number of anilines is 2. The number of hydrogen-bond acceptors (Lipinski definition) is 5. The van der Waals surface area contributed by atoms with Crippen LogP contribution in [-0.2, 0) is 6.42 Å². The lowest BCUT2D eigenvalue weighted by Gasteiger charge is -2.17. The molecule has 0 aliphatic heterocycles. The quantitative estimate of drug-likeness (QED) is 0.865. The monoisotopic (exact) mass is 260 g/mol. The molecule has 0 aliphatic carbocycles. The van der Waals surface area contributed by atoms with Crippen molar-refractivity contribution in [1.82, 2.24) is 9.97 Å². The van der Waals surface area contributed by atoms with Crippen LogP contribution in [0, 0.1) is 13.8 Å². The molecule has 5 nitrogen and oxygen atoms in total. The van der Waals surface area contributed by atoms with Crippen molar-refractivity contribution in [2.45, 2.75) is 33.2 Å². The number of rotatable bonds is 5. The van der Waals surface area contributed by atoms with Crippen LogP contribution in [0.15, 0.2) is 22.8 Å². The third-order valence-corrected chi connectivity index (χ3v) is 2.97. The molecule has 0 radical (unpaired) electrons. The third-order valence-electron chi connectivity index (χ3n) is 2.97. The van der Waals surface area contributed by atoms with Gasteiger partial charge in [0.1, 0.15) is 23.2 Å². The van der Waals surface area contributed by atoms with E-state index in [1.54, 1.807) is 6.26 Å². The van der Waals surface area contributed by atoms with Crippen molar-refractivity contribution in [1.29, 1.82) is 0 Å². The Morgan fingerprint density at radius 2 is 2.00 bits per heavy atom. The largest absolute Gasteiger partial charge is 0.469 e.